The Labute approximate surface area is 104 Å². The van der Waals surface area contributed by atoms with E-state index >= 15 is 0 Å². The van der Waals surface area contributed by atoms with Gasteiger partial charge in [-0.3, -0.25) is 0 Å². The lowest BCUT2D eigenvalue weighted by Crippen LogP contribution is -2.20. The first kappa shape index (κ1) is 14.2. The van der Waals surface area contributed by atoms with E-state index in [0.717, 1.165) is 0 Å². The molecule has 0 bridgehead atoms. The molecule has 0 saturated heterocycles. The number of carbonyl (C=O) groups is 2. The Hall–Kier alpha value is -1.89. The summed E-state index contributed by atoms with van der Waals surface area (Å²) in [5.74, 6) is -1.80. The molecule has 1 heterocycles. The zero-order valence-corrected chi connectivity index (χ0v) is 10.9. The predicted molar refractivity (Wildman–Crippen MR) is 59.2 cm³/mol. The fourth-order valence-electron chi connectivity index (χ4n) is 1.13. The molecule has 18 heavy (non-hydrogen) atoms. The first-order chi connectivity index (χ1) is 8.37. The van der Waals surface area contributed by atoms with E-state index in [1.807, 2.05) is 0 Å². The molecule has 0 fully saturated rings. The van der Waals surface area contributed by atoms with Crippen molar-refractivity contribution in [2.24, 2.45) is 0 Å². The molecule has 0 aliphatic rings. The van der Waals surface area contributed by atoms with Crippen LogP contribution in [0.1, 0.15) is 40.8 Å². The Morgan fingerprint density at radius 2 is 1.67 bits per heavy atom. The summed E-state index contributed by atoms with van der Waals surface area (Å²) in [5.41, 5.74) is -1.11. The van der Waals surface area contributed by atoms with Gasteiger partial charge in [-0.15, -0.1) is 0 Å². The third kappa shape index (κ3) is 2.51. The Balaban J connectivity index is 3.32. The molecule has 0 unspecified atom stereocenters. The molecule has 0 amide bonds. The van der Waals surface area contributed by atoms with E-state index in [0.29, 0.717) is 0 Å². The Kier molecular flexibility index (Phi) is 4.07. The normalized spacial score (nSPS) is 11.2. The van der Waals surface area contributed by atoms with E-state index in [1.165, 1.54) is 21.3 Å². The summed E-state index contributed by atoms with van der Waals surface area (Å²) in [4.78, 5) is 26.9. The number of methoxy groups -OCH3 is 3. The minimum Gasteiger partial charge on any atom is -0.464 e. The number of rotatable bonds is 4. The van der Waals surface area contributed by atoms with Crippen LogP contribution in [-0.2, 0) is 19.8 Å². The summed E-state index contributed by atoms with van der Waals surface area (Å²) >= 11 is 0. The molecule has 7 heteroatoms. The van der Waals surface area contributed by atoms with Gasteiger partial charge in [-0.1, -0.05) is 0 Å². The Morgan fingerprint density at radius 1 is 1.11 bits per heavy atom. The number of hydrogen-bond donors (Lipinski definition) is 0. The molecule has 0 aliphatic carbocycles. The number of ether oxygens (including phenoxy) is 3. The molecule has 7 nitrogen and oxygen atoms in total. The molecular weight excluding hydrogens is 242 g/mol. The van der Waals surface area contributed by atoms with Crippen molar-refractivity contribution in [1.29, 1.82) is 0 Å². The quantitative estimate of drug-likeness (QED) is 0.747. The predicted octanol–water partition coefficient (Wildman–Crippen LogP) is 1.13. The zero-order valence-electron chi connectivity index (χ0n) is 10.9. The van der Waals surface area contributed by atoms with Crippen LogP contribution in [0.5, 0.6) is 0 Å². The average Bonchev–Trinajstić information content (AvgIpc) is 2.82. The topological polar surface area (TPSA) is 87.9 Å². The number of nitrogens with zero attached hydrogens (tertiary/aromatic N) is 1. The van der Waals surface area contributed by atoms with Crippen LogP contribution >= 0.6 is 0 Å². The van der Waals surface area contributed by atoms with Crippen molar-refractivity contribution in [1.82, 2.24) is 4.98 Å². The van der Waals surface area contributed by atoms with Gasteiger partial charge in [0.1, 0.15) is 5.60 Å². The van der Waals surface area contributed by atoms with Crippen molar-refractivity contribution in [3.8, 4) is 0 Å². The van der Waals surface area contributed by atoms with E-state index in [9.17, 15) is 9.59 Å². The molecule has 0 N–H and O–H groups in total. The molecule has 0 spiro atoms. The van der Waals surface area contributed by atoms with Crippen LogP contribution in [0.4, 0.5) is 0 Å². The lowest BCUT2D eigenvalue weighted by Gasteiger charge is -2.17. The van der Waals surface area contributed by atoms with Crippen molar-refractivity contribution in [2.75, 3.05) is 21.3 Å². The van der Waals surface area contributed by atoms with Crippen molar-refractivity contribution in [2.45, 2.75) is 19.4 Å². The van der Waals surface area contributed by atoms with Gasteiger partial charge in [-0.05, 0) is 13.8 Å². The zero-order chi connectivity index (χ0) is 13.9. The SMILES string of the molecule is COC(=O)c1nc(C(C)(C)OC)oc1C(=O)OC. The van der Waals surface area contributed by atoms with Gasteiger partial charge in [0, 0.05) is 7.11 Å². The molecule has 0 aromatic carbocycles. The average molecular weight is 257 g/mol. The highest BCUT2D eigenvalue weighted by Gasteiger charge is 2.33. The van der Waals surface area contributed by atoms with Gasteiger partial charge in [0.2, 0.25) is 17.3 Å². The van der Waals surface area contributed by atoms with Gasteiger partial charge in [-0.25, -0.2) is 14.6 Å². The maximum absolute atomic E-state index is 11.5. The minimum atomic E-state index is -0.880. The fourth-order valence-corrected chi connectivity index (χ4v) is 1.13. The van der Waals surface area contributed by atoms with Crippen LogP contribution in [0.3, 0.4) is 0 Å². The Morgan fingerprint density at radius 3 is 2.11 bits per heavy atom. The molecule has 0 aliphatic heterocycles. The smallest absolute Gasteiger partial charge is 0.376 e. The number of esters is 2. The Bertz CT molecular complexity index is 429. The van der Waals surface area contributed by atoms with Crippen molar-refractivity contribution >= 4 is 11.9 Å². The number of hydrogen-bond acceptors (Lipinski definition) is 7. The van der Waals surface area contributed by atoms with Crippen LogP contribution in [0.25, 0.3) is 0 Å². The second-order valence-electron chi connectivity index (χ2n) is 3.89. The maximum Gasteiger partial charge on any atom is 0.376 e. The second-order valence-corrected chi connectivity index (χ2v) is 3.89. The molecule has 0 radical (unpaired) electrons. The highest BCUT2D eigenvalue weighted by molar-refractivity contribution is 5.99. The van der Waals surface area contributed by atoms with Crippen molar-refractivity contribution in [3.63, 3.8) is 0 Å². The van der Waals surface area contributed by atoms with E-state index in [1.54, 1.807) is 13.8 Å². The molecule has 1 aromatic heterocycles. The molecule has 1 aromatic rings. The van der Waals surface area contributed by atoms with Gasteiger partial charge in [0.05, 0.1) is 14.2 Å². The van der Waals surface area contributed by atoms with Crippen molar-refractivity contribution < 1.29 is 28.2 Å². The summed E-state index contributed by atoms with van der Waals surface area (Å²) in [7, 11) is 3.81. The summed E-state index contributed by atoms with van der Waals surface area (Å²) in [5, 5.41) is 0. The van der Waals surface area contributed by atoms with Crippen LogP contribution in [-0.4, -0.2) is 38.3 Å². The summed E-state index contributed by atoms with van der Waals surface area (Å²) in [6, 6.07) is 0. The van der Waals surface area contributed by atoms with Crippen LogP contribution in [0, 0.1) is 0 Å². The fraction of sp³-hybridized carbons (Fsp3) is 0.545. The van der Waals surface area contributed by atoms with Gasteiger partial charge in [0.25, 0.3) is 0 Å². The molecular formula is C11H15NO6. The number of carbonyl (C=O) groups excluding carboxylic acids is 2. The van der Waals surface area contributed by atoms with E-state index in [-0.39, 0.29) is 17.3 Å². The third-order valence-corrected chi connectivity index (χ3v) is 2.40. The first-order valence-electron chi connectivity index (χ1n) is 5.10. The van der Waals surface area contributed by atoms with E-state index in [4.69, 9.17) is 9.15 Å². The van der Waals surface area contributed by atoms with Gasteiger partial charge >= 0.3 is 11.9 Å². The van der Waals surface area contributed by atoms with Crippen molar-refractivity contribution in [3.05, 3.63) is 17.3 Å². The van der Waals surface area contributed by atoms with Crippen LogP contribution in [0.15, 0.2) is 4.42 Å². The van der Waals surface area contributed by atoms with Crippen LogP contribution in [0.2, 0.25) is 0 Å². The lowest BCUT2D eigenvalue weighted by atomic mass is 10.1. The molecule has 1 rings (SSSR count). The maximum atomic E-state index is 11.5. The monoisotopic (exact) mass is 257 g/mol. The third-order valence-electron chi connectivity index (χ3n) is 2.40. The van der Waals surface area contributed by atoms with Gasteiger partial charge < -0.3 is 18.6 Å². The van der Waals surface area contributed by atoms with Gasteiger partial charge in [0.15, 0.2) is 0 Å². The lowest BCUT2D eigenvalue weighted by molar-refractivity contribution is -0.00493. The summed E-state index contributed by atoms with van der Waals surface area (Å²) < 4.78 is 19.4. The minimum absolute atomic E-state index is 0.0887. The highest BCUT2D eigenvalue weighted by atomic mass is 16.5. The number of oxazole rings is 1. The summed E-state index contributed by atoms with van der Waals surface area (Å²) in [6.07, 6.45) is 0. The van der Waals surface area contributed by atoms with E-state index in [2.05, 4.69) is 14.5 Å². The molecule has 0 saturated carbocycles. The molecule has 100 valence electrons. The second kappa shape index (κ2) is 5.18. The molecule has 0 atom stereocenters. The largest absolute Gasteiger partial charge is 0.464 e. The first-order valence-corrected chi connectivity index (χ1v) is 5.10. The van der Waals surface area contributed by atoms with Gasteiger partial charge in [-0.2, -0.15) is 0 Å². The highest BCUT2D eigenvalue weighted by Crippen LogP contribution is 2.26. The standard InChI is InChI=1S/C11H15NO6/c1-11(2,17-5)10-12-6(8(13)15-3)7(18-10)9(14)16-4/h1-5H3. The van der Waals surface area contributed by atoms with Crippen LogP contribution < -0.4 is 0 Å². The van der Waals surface area contributed by atoms with E-state index < -0.39 is 17.5 Å². The number of aromatic nitrogens is 1. The summed E-state index contributed by atoms with van der Waals surface area (Å²) in [6.45, 7) is 3.36.